The number of methoxy groups -OCH3 is 1. The third kappa shape index (κ3) is 2.93. The molecule has 1 aromatic heterocycles. The number of nitrogens with zero attached hydrogens (tertiary/aromatic N) is 2. The van der Waals surface area contributed by atoms with E-state index in [0.717, 1.165) is 21.9 Å². The van der Waals surface area contributed by atoms with Crippen LogP contribution in [0.25, 0.3) is 5.69 Å². The number of hydrogen-bond donors (Lipinski definition) is 1. The Hall–Kier alpha value is -2.95. The lowest BCUT2D eigenvalue weighted by Gasteiger charge is -2.27. The highest BCUT2D eigenvalue weighted by Gasteiger charge is 2.40. The minimum Gasteiger partial charge on any atom is -0.497 e. The van der Waals surface area contributed by atoms with Gasteiger partial charge in [0.1, 0.15) is 17.5 Å². The molecule has 1 amide bonds. The van der Waals surface area contributed by atoms with Crippen LogP contribution in [0.4, 0.5) is 5.82 Å². The molecule has 2 aromatic carbocycles. The fourth-order valence-electron chi connectivity index (χ4n) is 3.31. The van der Waals surface area contributed by atoms with Crippen molar-refractivity contribution < 1.29 is 9.53 Å². The summed E-state index contributed by atoms with van der Waals surface area (Å²) in [6.07, 6.45) is 0. The van der Waals surface area contributed by atoms with Gasteiger partial charge in [-0.2, -0.15) is 5.26 Å². The van der Waals surface area contributed by atoms with Crippen LogP contribution < -0.4 is 10.1 Å². The van der Waals surface area contributed by atoms with Crippen LogP contribution in [-0.4, -0.2) is 17.6 Å². The van der Waals surface area contributed by atoms with E-state index in [9.17, 15) is 10.1 Å². The second-order valence-electron chi connectivity index (χ2n) is 6.10. The Morgan fingerprint density at radius 3 is 2.52 bits per heavy atom. The Labute approximate surface area is 165 Å². The molecule has 0 fully saturated rings. The van der Waals surface area contributed by atoms with Crippen molar-refractivity contribution in [1.82, 2.24) is 4.57 Å². The van der Waals surface area contributed by atoms with E-state index in [0.29, 0.717) is 9.77 Å². The molecule has 1 N–H and O–H groups in total. The van der Waals surface area contributed by atoms with Gasteiger partial charge in [0.05, 0.1) is 18.1 Å². The predicted octanol–water partition coefficient (Wildman–Crippen LogP) is 4.50. The van der Waals surface area contributed by atoms with Crippen molar-refractivity contribution in [2.24, 2.45) is 5.92 Å². The number of nitriles is 1. The van der Waals surface area contributed by atoms with Crippen molar-refractivity contribution in [3.05, 3.63) is 69.0 Å². The molecule has 0 bridgehead atoms. The molecule has 2 heterocycles. The van der Waals surface area contributed by atoms with Crippen LogP contribution in [0.2, 0.25) is 0 Å². The molecule has 27 heavy (non-hydrogen) atoms. The van der Waals surface area contributed by atoms with Gasteiger partial charge in [-0.25, -0.2) is 0 Å². The predicted molar refractivity (Wildman–Crippen MR) is 107 cm³/mol. The lowest BCUT2D eigenvalue weighted by atomic mass is 9.83. The van der Waals surface area contributed by atoms with Gasteiger partial charge >= 0.3 is 0 Å². The van der Waals surface area contributed by atoms with Crippen molar-refractivity contribution in [3.63, 3.8) is 0 Å². The van der Waals surface area contributed by atoms with Crippen LogP contribution >= 0.6 is 23.6 Å². The summed E-state index contributed by atoms with van der Waals surface area (Å²) >= 11 is 7.01. The molecule has 0 spiro atoms. The van der Waals surface area contributed by atoms with Gasteiger partial charge in [-0.1, -0.05) is 30.3 Å². The maximum atomic E-state index is 12.7. The van der Waals surface area contributed by atoms with Crippen LogP contribution in [-0.2, 0) is 4.79 Å². The van der Waals surface area contributed by atoms with Crippen molar-refractivity contribution in [2.75, 3.05) is 12.4 Å². The summed E-state index contributed by atoms with van der Waals surface area (Å²) in [5, 5.41) is 12.5. The first-order valence-electron chi connectivity index (χ1n) is 8.29. The fourth-order valence-corrected chi connectivity index (χ4v) is 4.90. The molecule has 0 radical (unpaired) electrons. The molecule has 3 aromatic rings. The Balaban J connectivity index is 1.91. The summed E-state index contributed by atoms with van der Waals surface area (Å²) in [5.41, 5.74) is 1.76. The van der Waals surface area contributed by atoms with Crippen molar-refractivity contribution in [2.45, 2.75) is 5.92 Å². The SMILES string of the molecule is COc1ccc(C2c3sc(=S)n(-c4ccccc4)c3NC(=O)C2C#N)cc1. The summed E-state index contributed by atoms with van der Waals surface area (Å²) in [5.74, 6) is -0.136. The van der Waals surface area contributed by atoms with E-state index in [2.05, 4.69) is 11.4 Å². The molecule has 0 saturated heterocycles. The molecule has 4 rings (SSSR count). The van der Waals surface area contributed by atoms with Crippen molar-refractivity contribution in [3.8, 4) is 17.5 Å². The zero-order valence-corrected chi connectivity index (χ0v) is 16.0. The molecule has 134 valence electrons. The van der Waals surface area contributed by atoms with Gasteiger partial charge < -0.3 is 10.1 Å². The molecule has 2 unspecified atom stereocenters. The summed E-state index contributed by atoms with van der Waals surface area (Å²) in [4.78, 5) is 13.6. The summed E-state index contributed by atoms with van der Waals surface area (Å²) in [7, 11) is 1.60. The standard InChI is InChI=1S/C20H15N3O2S2/c1-25-14-9-7-12(8-10-14)16-15(11-21)19(24)22-18-17(16)27-20(26)23(18)13-5-3-2-4-6-13/h2-10,15-16H,1H3,(H,22,24). The zero-order chi connectivity index (χ0) is 19.0. The number of carbonyl (C=O) groups is 1. The number of benzene rings is 2. The summed E-state index contributed by atoms with van der Waals surface area (Å²) < 4.78 is 7.71. The number of amides is 1. The van der Waals surface area contributed by atoms with E-state index in [-0.39, 0.29) is 11.8 Å². The van der Waals surface area contributed by atoms with Gasteiger partial charge in [0, 0.05) is 11.6 Å². The van der Waals surface area contributed by atoms with Crippen LogP contribution in [0.15, 0.2) is 54.6 Å². The Morgan fingerprint density at radius 2 is 1.89 bits per heavy atom. The number of carbonyl (C=O) groups excluding carboxylic acids is 1. The topological polar surface area (TPSA) is 67.0 Å². The minimum absolute atomic E-state index is 0.316. The Kier molecular flexibility index (Phi) is 4.52. The highest BCUT2D eigenvalue weighted by atomic mass is 32.1. The second kappa shape index (κ2) is 6.99. The van der Waals surface area contributed by atoms with Gasteiger partial charge in [-0.15, -0.1) is 11.3 Å². The molecule has 0 saturated carbocycles. The lowest BCUT2D eigenvalue weighted by molar-refractivity contribution is -0.119. The van der Waals surface area contributed by atoms with E-state index in [1.165, 1.54) is 11.3 Å². The number of fused-ring (bicyclic) bond motifs is 1. The van der Waals surface area contributed by atoms with E-state index in [1.54, 1.807) is 7.11 Å². The smallest absolute Gasteiger partial charge is 0.243 e. The lowest BCUT2D eigenvalue weighted by Crippen LogP contribution is -2.33. The first kappa shape index (κ1) is 17.5. The molecular weight excluding hydrogens is 378 g/mol. The molecule has 5 nitrogen and oxygen atoms in total. The number of nitrogens with one attached hydrogen (secondary N) is 1. The maximum Gasteiger partial charge on any atom is 0.243 e. The maximum absolute atomic E-state index is 12.7. The van der Waals surface area contributed by atoms with Gasteiger partial charge in [0.15, 0.2) is 3.95 Å². The van der Waals surface area contributed by atoms with Gasteiger partial charge in [0.25, 0.3) is 0 Å². The number of hydrogen-bond acceptors (Lipinski definition) is 5. The number of aromatic nitrogens is 1. The van der Waals surface area contributed by atoms with Crippen LogP contribution in [0, 0.1) is 21.2 Å². The molecular formula is C20H15N3O2S2. The van der Waals surface area contributed by atoms with Gasteiger partial charge in [0.2, 0.25) is 5.91 Å². The number of rotatable bonds is 3. The first-order chi connectivity index (χ1) is 13.1. The number of anilines is 1. The van der Waals surface area contributed by atoms with E-state index < -0.39 is 5.92 Å². The average molecular weight is 393 g/mol. The normalized spacial score (nSPS) is 18.3. The minimum atomic E-state index is -0.817. The molecule has 1 aliphatic rings. The molecule has 7 heteroatoms. The van der Waals surface area contributed by atoms with E-state index >= 15 is 0 Å². The van der Waals surface area contributed by atoms with Crippen LogP contribution in [0.5, 0.6) is 5.75 Å². The molecule has 2 atom stereocenters. The Bertz CT molecular complexity index is 1090. The molecule has 1 aliphatic heterocycles. The fraction of sp³-hybridized carbons (Fsp3) is 0.150. The van der Waals surface area contributed by atoms with Gasteiger partial charge in [-0.05, 0) is 42.0 Å². The highest BCUT2D eigenvalue weighted by molar-refractivity contribution is 7.73. The largest absolute Gasteiger partial charge is 0.497 e. The highest BCUT2D eigenvalue weighted by Crippen LogP contribution is 2.45. The van der Waals surface area contributed by atoms with Crippen LogP contribution in [0.3, 0.4) is 0 Å². The second-order valence-corrected chi connectivity index (χ2v) is 7.77. The van der Waals surface area contributed by atoms with Gasteiger partial charge in [-0.3, -0.25) is 9.36 Å². The first-order valence-corrected chi connectivity index (χ1v) is 9.52. The average Bonchev–Trinajstić information content (AvgIpc) is 3.03. The van der Waals surface area contributed by atoms with E-state index in [1.807, 2.05) is 59.2 Å². The third-order valence-electron chi connectivity index (χ3n) is 4.61. The van der Waals surface area contributed by atoms with E-state index in [4.69, 9.17) is 17.0 Å². The van der Waals surface area contributed by atoms with Crippen LogP contribution in [0.1, 0.15) is 16.4 Å². The summed E-state index contributed by atoms with van der Waals surface area (Å²) in [6.45, 7) is 0. The monoisotopic (exact) mass is 393 g/mol. The van der Waals surface area contributed by atoms with Crippen molar-refractivity contribution >= 4 is 35.3 Å². The summed E-state index contributed by atoms with van der Waals surface area (Å²) in [6, 6.07) is 19.3. The number of para-hydroxylation sites is 1. The number of ether oxygens (including phenoxy) is 1. The Morgan fingerprint density at radius 1 is 1.19 bits per heavy atom. The number of thiazole rings is 1. The quantitative estimate of drug-likeness (QED) is 0.665. The van der Waals surface area contributed by atoms with Crippen molar-refractivity contribution in [1.29, 1.82) is 5.26 Å². The third-order valence-corrected chi connectivity index (χ3v) is 6.06. The zero-order valence-electron chi connectivity index (χ0n) is 14.4. The molecule has 0 aliphatic carbocycles.